The number of benzene rings is 2. The maximum atomic E-state index is 5.72. The molecule has 0 unspecified atom stereocenters. The molecule has 0 aliphatic carbocycles. The van der Waals surface area contributed by atoms with E-state index in [-0.39, 0.29) is 0 Å². The van der Waals surface area contributed by atoms with Gasteiger partial charge < -0.3 is 0 Å². The second kappa shape index (κ2) is 9.01. The van der Waals surface area contributed by atoms with Crippen LogP contribution in [0.25, 0.3) is 0 Å². The monoisotopic (exact) mass is 294 g/mol. The van der Waals surface area contributed by atoms with Gasteiger partial charge in [0.25, 0.3) is 0 Å². The van der Waals surface area contributed by atoms with Crippen molar-refractivity contribution in [1.29, 1.82) is 0 Å². The quantitative estimate of drug-likeness (QED) is 0.633. The van der Waals surface area contributed by atoms with Crippen molar-refractivity contribution in [3.05, 3.63) is 69.7 Å². The number of aryl methyl sites for hydroxylation is 2. The molecule has 0 aromatic heterocycles. The molecule has 2 rings (SSSR count). The van der Waals surface area contributed by atoms with Gasteiger partial charge in [-0.05, 0) is 48.2 Å². The third-order valence-electron chi connectivity index (χ3n) is 2.75. The summed E-state index contributed by atoms with van der Waals surface area (Å²) in [6.45, 7) is 4.29. The first-order valence-electron chi connectivity index (χ1n) is 6.64. The highest BCUT2D eigenvalue weighted by Gasteiger charge is 1.89. The van der Waals surface area contributed by atoms with Crippen molar-refractivity contribution in [3.8, 4) is 0 Å². The molecule has 0 fully saturated rings. The Kier molecular flexibility index (Phi) is 7.62. The Balaban J connectivity index is 0.000000191. The van der Waals surface area contributed by atoms with Gasteiger partial charge in [0.2, 0.25) is 0 Å². The van der Waals surface area contributed by atoms with E-state index < -0.39 is 0 Å². The first-order chi connectivity index (χ1) is 9.15. The van der Waals surface area contributed by atoms with Crippen LogP contribution in [0.1, 0.15) is 31.4 Å². The van der Waals surface area contributed by atoms with Crippen LogP contribution < -0.4 is 0 Å². The summed E-state index contributed by atoms with van der Waals surface area (Å²) in [5.74, 6) is 0. The van der Waals surface area contributed by atoms with Gasteiger partial charge in [-0.15, -0.1) is 0 Å². The fourth-order valence-electron chi connectivity index (χ4n) is 1.70. The van der Waals surface area contributed by atoms with E-state index >= 15 is 0 Å². The summed E-state index contributed by atoms with van der Waals surface area (Å²) in [5.41, 5.74) is 2.66. The molecule has 2 aromatic rings. The summed E-state index contributed by atoms with van der Waals surface area (Å²) in [5, 5.41) is 1.65. The van der Waals surface area contributed by atoms with Crippen molar-refractivity contribution >= 4 is 23.2 Å². The van der Waals surface area contributed by atoms with Gasteiger partial charge in [-0.3, -0.25) is 0 Å². The first-order valence-corrected chi connectivity index (χ1v) is 7.40. The molecule has 0 saturated heterocycles. The molecule has 0 amide bonds. The predicted molar refractivity (Wildman–Crippen MR) is 86.3 cm³/mol. The lowest BCUT2D eigenvalue weighted by molar-refractivity contribution is 0.922. The minimum atomic E-state index is 0.819. The van der Waals surface area contributed by atoms with Crippen molar-refractivity contribution in [2.75, 3.05) is 0 Å². The number of hydrogen-bond donors (Lipinski definition) is 0. The zero-order chi connectivity index (χ0) is 14.1. The van der Waals surface area contributed by atoms with E-state index in [9.17, 15) is 0 Å². The molecule has 0 atom stereocenters. The van der Waals surface area contributed by atoms with Gasteiger partial charge in [0, 0.05) is 10.0 Å². The molecule has 0 spiro atoms. The molecule has 0 bridgehead atoms. The molecular formula is C17H20Cl2. The molecule has 0 radical (unpaired) electrons. The lowest BCUT2D eigenvalue weighted by atomic mass is 10.1. The zero-order valence-electron chi connectivity index (χ0n) is 11.5. The van der Waals surface area contributed by atoms with Crippen LogP contribution in [0.4, 0.5) is 0 Å². The molecule has 19 heavy (non-hydrogen) atoms. The molecule has 0 nitrogen and oxygen atoms in total. The van der Waals surface area contributed by atoms with Crippen LogP contribution in [-0.2, 0) is 12.8 Å². The van der Waals surface area contributed by atoms with Crippen LogP contribution in [-0.4, -0.2) is 0 Å². The van der Waals surface area contributed by atoms with Gasteiger partial charge in [-0.1, -0.05) is 67.7 Å². The number of rotatable bonds is 3. The largest absolute Gasteiger partial charge is 0.0843 e. The van der Waals surface area contributed by atoms with Gasteiger partial charge >= 0.3 is 0 Å². The van der Waals surface area contributed by atoms with Crippen LogP contribution >= 0.6 is 23.2 Å². The molecule has 102 valence electrons. The summed E-state index contributed by atoms with van der Waals surface area (Å²) in [7, 11) is 0. The average Bonchev–Trinajstić information content (AvgIpc) is 2.42. The molecule has 0 saturated carbocycles. The van der Waals surface area contributed by atoms with E-state index in [1.54, 1.807) is 0 Å². The van der Waals surface area contributed by atoms with Crippen LogP contribution in [0.2, 0.25) is 10.0 Å². The summed E-state index contributed by atoms with van der Waals surface area (Å²) in [6.07, 6.45) is 3.40. The van der Waals surface area contributed by atoms with Crippen molar-refractivity contribution in [3.63, 3.8) is 0 Å². The average molecular weight is 295 g/mol. The van der Waals surface area contributed by atoms with Crippen molar-refractivity contribution < 1.29 is 0 Å². The fraction of sp³-hybridized carbons (Fsp3) is 0.294. The van der Waals surface area contributed by atoms with Gasteiger partial charge in [0.1, 0.15) is 0 Å². The lowest BCUT2D eigenvalue weighted by Crippen LogP contribution is -1.80. The molecule has 2 aromatic carbocycles. The third-order valence-corrected chi connectivity index (χ3v) is 3.24. The Hall–Kier alpha value is -0.980. The molecule has 0 aliphatic rings. The maximum absolute atomic E-state index is 5.72. The topological polar surface area (TPSA) is 0 Å². The Morgan fingerprint density at radius 1 is 0.789 bits per heavy atom. The minimum absolute atomic E-state index is 0.819. The molecular weight excluding hydrogens is 275 g/mol. The van der Waals surface area contributed by atoms with Gasteiger partial charge in [0.15, 0.2) is 0 Å². The van der Waals surface area contributed by atoms with E-state index in [4.69, 9.17) is 23.2 Å². The van der Waals surface area contributed by atoms with Crippen molar-refractivity contribution in [2.45, 2.75) is 33.1 Å². The fourth-order valence-corrected chi connectivity index (χ4v) is 2.04. The molecule has 0 heterocycles. The Labute approximate surface area is 126 Å². The summed E-state index contributed by atoms with van der Waals surface area (Å²) < 4.78 is 0. The van der Waals surface area contributed by atoms with E-state index in [0.717, 1.165) is 22.9 Å². The highest BCUT2D eigenvalue weighted by Crippen LogP contribution is 2.11. The standard InChI is InChI=1S/C9H11Cl.C8H9Cl/c1-2-3-8-4-6-9(10)7-5-8;1-2-7-4-3-5-8(9)6-7/h4-7H,2-3H2,1H3;3-6H,2H2,1H3. The van der Waals surface area contributed by atoms with Crippen LogP contribution in [0.3, 0.4) is 0 Å². The van der Waals surface area contributed by atoms with Crippen LogP contribution in [0, 0.1) is 0 Å². The zero-order valence-corrected chi connectivity index (χ0v) is 13.0. The Morgan fingerprint density at radius 3 is 1.95 bits per heavy atom. The molecule has 2 heteroatoms. The second-order valence-electron chi connectivity index (χ2n) is 4.36. The minimum Gasteiger partial charge on any atom is -0.0843 e. The highest BCUT2D eigenvalue weighted by atomic mass is 35.5. The summed E-state index contributed by atoms with van der Waals surface area (Å²) >= 11 is 11.4. The van der Waals surface area contributed by atoms with E-state index in [2.05, 4.69) is 32.0 Å². The third kappa shape index (κ3) is 6.66. The smallest absolute Gasteiger partial charge is 0.0408 e. The van der Waals surface area contributed by atoms with E-state index in [1.807, 2.05) is 30.3 Å². The number of halogens is 2. The van der Waals surface area contributed by atoms with Crippen molar-refractivity contribution in [1.82, 2.24) is 0 Å². The van der Waals surface area contributed by atoms with E-state index in [0.29, 0.717) is 0 Å². The summed E-state index contributed by atoms with van der Waals surface area (Å²) in [4.78, 5) is 0. The van der Waals surface area contributed by atoms with Gasteiger partial charge in [-0.2, -0.15) is 0 Å². The Bertz CT molecular complexity index is 475. The molecule has 0 aliphatic heterocycles. The van der Waals surface area contributed by atoms with Crippen LogP contribution in [0.15, 0.2) is 48.5 Å². The molecule has 0 N–H and O–H groups in total. The second-order valence-corrected chi connectivity index (χ2v) is 5.23. The maximum Gasteiger partial charge on any atom is 0.0408 e. The summed E-state index contributed by atoms with van der Waals surface area (Å²) in [6, 6.07) is 16.0. The van der Waals surface area contributed by atoms with Gasteiger partial charge in [-0.25, -0.2) is 0 Å². The predicted octanol–water partition coefficient (Wildman–Crippen LogP) is 6.19. The number of hydrogen-bond acceptors (Lipinski definition) is 0. The lowest BCUT2D eigenvalue weighted by Gasteiger charge is -1.96. The van der Waals surface area contributed by atoms with Crippen LogP contribution in [0.5, 0.6) is 0 Å². The SMILES string of the molecule is CCCc1ccc(Cl)cc1.CCc1cccc(Cl)c1. The first kappa shape index (κ1) is 16.1. The normalized spacial score (nSPS) is 9.68. The van der Waals surface area contributed by atoms with Crippen molar-refractivity contribution in [2.24, 2.45) is 0 Å². The highest BCUT2D eigenvalue weighted by molar-refractivity contribution is 6.30. The van der Waals surface area contributed by atoms with E-state index in [1.165, 1.54) is 17.5 Å². The van der Waals surface area contributed by atoms with Gasteiger partial charge in [0.05, 0.1) is 0 Å². The Morgan fingerprint density at radius 2 is 1.47 bits per heavy atom.